The van der Waals surface area contributed by atoms with Crippen molar-refractivity contribution in [3.63, 3.8) is 0 Å². The van der Waals surface area contributed by atoms with Crippen molar-refractivity contribution in [2.45, 2.75) is 19.9 Å². The SMILES string of the molecule is Cc1ccc(-c2noc([C@H](C)N3CCN(C(=O)c4ccn(C)c(=O)c4)CC3)n2)cc1. The summed E-state index contributed by atoms with van der Waals surface area (Å²) < 4.78 is 6.96. The fraction of sp³-hybridized carbons (Fsp3) is 0.364. The van der Waals surface area contributed by atoms with E-state index in [0.29, 0.717) is 43.5 Å². The van der Waals surface area contributed by atoms with Crippen LogP contribution in [0.1, 0.15) is 34.8 Å². The number of carbonyl (C=O) groups excluding carboxylic acids is 1. The lowest BCUT2D eigenvalue weighted by atomic mass is 10.1. The maximum atomic E-state index is 12.7. The zero-order valence-corrected chi connectivity index (χ0v) is 17.4. The second-order valence-electron chi connectivity index (χ2n) is 7.69. The molecule has 30 heavy (non-hydrogen) atoms. The van der Waals surface area contributed by atoms with Crippen molar-refractivity contribution in [1.82, 2.24) is 24.5 Å². The molecule has 0 unspecified atom stereocenters. The minimum atomic E-state index is -0.186. The molecule has 0 bridgehead atoms. The number of carbonyl (C=O) groups is 1. The van der Waals surface area contributed by atoms with E-state index in [-0.39, 0.29) is 17.5 Å². The molecule has 4 rings (SSSR count). The van der Waals surface area contributed by atoms with Gasteiger partial charge in [0.2, 0.25) is 11.7 Å². The van der Waals surface area contributed by atoms with Gasteiger partial charge < -0.3 is 14.0 Å². The average molecular weight is 407 g/mol. The van der Waals surface area contributed by atoms with E-state index in [4.69, 9.17) is 4.52 Å². The minimum Gasteiger partial charge on any atom is -0.337 e. The Hall–Kier alpha value is -3.26. The monoisotopic (exact) mass is 407 g/mol. The van der Waals surface area contributed by atoms with E-state index in [1.807, 2.05) is 38.1 Å². The van der Waals surface area contributed by atoms with Gasteiger partial charge >= 0.3 is 0 Å². The first-order valence-electron chi connectivity index (χ1n) is 10.0. The van der Waals surface area contributed by atoms with Gasteiger partial charge in [0.25, 0.3) is 11.5 Å². The number of piperazine rings is 1. The quantitative estimate of drug-likeness (QED) is 0.660. The van der Waals surface area contributed by atoms with E-state index in [9.17, 15) is 9.59 Å². The van der Waals surface area contributed by atoms with Crippen molar-refractivity contribution in [3.8, 4) is 11.4 Å². The lowest BCUT2D eigenvalue weighted by Gasteiger charge is -2.36. The summed E-state index contributed by atoms with van der Waals surface area (Å²) >= 11 is 0. The van der Waals surface area contributed by atoms with Gasteiger partial charge in [-0.3, -0.25) is 14.5 Å². The van der Waals surface area contributed by atoms with Crippen molar-refractivity contribution >= 4 is 5.91 Å². The lowest BCUT2D eigenvalue weighted by Crippen LogP contribution is -2.49. The first kappa shape index (κ1) is 20.0. The third-order valence-electron chi connectivity index (χ3n) is 5.61. The second-order valence-corrected chi connectivity index (χ2v) is 7.69. The Morgan fingerprint density at radius 2 is 1.80 bits per heavy atom. The van der Waals surface area contributed by atoms with Crippen molar-refractivity contribution in [2.75, 3.05) is 26.2 Å². The number of rotatable bonds is 4. The van der Waals surface area contributed by atoms with Crippen molar-refractivity contribution < 1.29 is 9.32 Å². The number of amides is 1. The third-order valence-corrected chi connectivity index (χ3v) is 5.61. The molecule has 1 aromatic carbocycles. The van der Waals surface area contributed by atoms with E-state index >= 15 is 0 Å². The highest BCUT2D eigenvalue weighted by Gasteiger charge is 2.28. The molecule has 1 aliphatic heterocycles. The number of pyridine rings is 1. The molecule has 3 heterocycles. The summed E-state index contributed by atoms with van der Waals surface area (Å²) in [5.41, 5.74) is 2.35. The fourth-order valence-electron chi connectivity index (χ4n) is 3.56. The lowest BCUT2D eigenvalue weighted by molar-refractivity contribution is 0.0551. The van der Waals surface area contributed by atoms with Gasteiger partial charge in [0, 0.05) is 56.6 Å². The van der Waals surface area contributed by atoms with Gasteiger partial charge in [-0.05, 0) is 19.9 Å². The molecule has 0 spiro atoms. The number of nitrogens with zero attached hydrogens (tertiary/aromatic N) is 5. The van der Waals surface area contributed by atoms with E-state index in [0.717, 1.165) is 5.56 Å². The number of aromatic nitrogens is 3. The van der Waals surface area contributed by atoms with Gasteiger partial charge in [-0.1, -0.05) is 35.0 Å². The summed E-state index contributed by atoms with van der Waals surface area (Å²) in [5, 5.41) is 4.12. The summed E-state index contributed by atoms with van der Waals surface area (Å²) in [6, 6.07) is 11.0. The molecule has 0 N–H and O–H groups in total. The average Bonchev–Trinajstić information content (AvgIpc) is 3.25. The maximum absolute atomic E-state index is 12.7. The van der Waals surface area contributed by atoms with Gasteiger partial charge in [-0.25, -0.2) is 0 Å². The largest absolute Gasteiger partial charge is 0.337 e. The highest BCUT2D eigenvalue weighted by Crippen LogP contribution is 2.24. The Morgan fingerprint density at radius 1 is 1.10 bits per heavy atom. The Morgan fingerprint density at radius 3 is 2.47 bits per heavy atom. The smallest absolute Gasteiger partial charge is 0.254 e. The highest BCUT2D eigenvalue weighted by molar-refractivity contribution is 5.94. The third kappa shape index (κ3) is 4.04. The zero-order valence-electron chi connectivity index (χ0n) is 17.4. The second kappa shape index (κ2) is 8.23. The Bertz CT molecular complexity index is 1090. The van der Waals surface area contributed by atoms with E-state index in [2.05, 4.69) is 15.0 Å². The van der Waals surface area contributed by atoms with Gasteiger partial charge in [0.15, 0.2) is 0 Å². The normalized spacial score (nSPS) is 15.9. The first-order chi connectivity index (χ1) is 14.4. The number of hydrogen-bond donors (Lipinski definition) is 0. The molecule has 0 saturated carbocycles. The summed E-state index contributed by atoms with van der Waals surface area (Å²) in [6.07, 6.45) is 1.62. The van der Waals surface area contributed by atoms with Crippen LogP contribution in [0.2, 0.25) is 0 Å². The summed E-state index contributed by atoms with van der Waals surface area (Å²) in [7, 11) is 1.67. The van der Waals surface area contributed by atoms with Crippen molar-refractivity contribution in [2.24, 2.45) is 7.05 Å². The predicted molar refractivity (Wildman–Crippen MR) is 112 cm³/mol. The summed E-state index contributed by atoms with van der Waals surface area (Å²) in [4.78, 5) is 33.1. The van der Waals surface area contributed by atoms with E-state index in [1.54, 1.807) is 24.2 Å². The summed E-state index contributed by atoms with van der Waals surface area (Å²) in [5.74, 6) is 1.03. The van der Waals surface area contributed by atoms with Crippen LogP contribution < -0.4 is 5.56 Å². The summed E-state index contributed by atoms with van der Waals surface area (Å²) in [6.45, 7) is 6.62. The van der Waals surface area contributed by atoms with Gasteiger partial charge in [-0.15, -0.1) is 0 Å². The molecule has 8 heteroatoms. The van der Waals surface area contributed by atoms with Crippen LogP contribution >= 0.6 is 0 Å². The van der Waals surface area contributed by atoms with E-state index in [1.165, 1.54) is 16.2 Å². The standard InChI is InChI=1S/C22H25N5O3/c1-15-4-6-17(7-5-15)20-23-21(30-24-20)16(2)26-10-12-27(13-11-26)22(29)18-8-9-25(3)19(28)14-18/h4-9,14,16H,10-13H2,1-3H3/t16-/m0/s1. The molecule has 1 aliphatic rings. The van der Waals surface area contributed by atoms with Crippen LogP contribution in [0.3, 0.4) is 0 Å². The molecular weight excluding hydrogens is 382 g/mol. The number of aryl methyl sites for hydroxylation is 2. The molecule has 1 amide bonds. The molecule has 0 radical (unpaired) electrons. The molecule has 1 atom stereocenters. The maximum Gasteiger partial charge on any atom is 0.254 e. The Kier molecular flexibility index (Phi) is 5.50. The van der Waals surface area contributed by atoms with Crippen LogP contribution in [-0.4, -0.2) is 56.6 Å². The van der Waals surface area contributed by atoms with Crippen molar-refractivity contribution in [3.05, 3.63) is 70.0 Å². The molecule has 8 nitrogen and oxygen atoms in total. The molecule has 3 aromatic rings. The molecule has 2 aromatic heterocycles. The molecule has 1 saturated heterocycles. The van der Waals surface area contributed by atoms with Gasteiger partial charge in [0.05, 0.1) is 6.04 Å². The van der Waals surface area contributed by atoms with E-state index < -0.39 is 0 Å². The highest BCUT2D eigenvalue weighted by atomic mass is 16.5. The first-order valence-corrected chi connectivity index (χ1v) is 10.0. The number of hydrogen-bond acceptors (Lipinski definition) is 6. The Labute approximate surface area is 174 Å². The zero-order chi connectivity index (χ0) is 21.3. The molecular formula is C22H25N5O3. The topological polar surface area (TPSA) is 84.5 Å². The van der Waals surface area contributed by atoms with Gasteiger partial charge in [0.1, 0.15) is 0 Å². The van der Waals surface area contributed by atoms with Crippen LogP contribution in [0.4, 0.5) is 0 Å². The molecule has 0 aliphatic carbocycles. The minimum absolute atomic E-state index is 0.0435. The van der Waals surface area contributed by atoms with Crippen molar-refractivity contribution in [1.29, 1.82) is 0 Å². The molecule has 156 valence electrons. The molecule has 1 fully saturated rings. The van der Waals surface area contributed by atoms with Crippen LogP contribution in [0.25, 0.3) is 11.4 Å². The Balaban J connectivity index is 1.39. The van der Waals surface area contributed by atoms with Crippen LogP contribution in [0.15, 0.2) is 51.9 Å². The van der Waals surface area contributed by atoms with Crippen LogP contribution in [0.5, 0.6) is 0 Å². The van der Waals surface area contributed by atoms with Crippen LogP contribution in [0, 0.1) is 6.92 Å². The van der Waals surface area contributed by atoms with Crippen LogP contribution in [-0.2, 0) is 7.05 Å². The predicted octanol–water partition coefficient (Wildman–Crippen LogP) is 2.26. The number of benzene rings is 1. The van der Waals surface area contributed by atoms with Gasteiger partial charge in [-0.2, -0.15) is 4.98 Å². The fourth-order valence-corrected chi connectivity index (χ4v) is 3.56.